The van der Waals surface area contributed by atoms with Gasteiger partial charge in [0.1, 0.15) is 24.7 Å². The monoisotopic (exact) mass is 924 g/mol. The number of nitro groups is 1. The lowest BCUT2D eigenvalue weighted by Crippen LogP contribution is -2.56. The molecule has 4 atom stereocenters. The van der Waals surface area contributed by atoms with E-state index in [1.54, 1.807) is 6.20 Å². The average molecular weight is 925 g/mol. The minimum atomic E-state index is -1.34. The van der Waals surface area contributed by atoms with Crippen LogP contribution in [0, 0.1) is 10.1 Å². The van der Waals surface area contributed by atoms with Crippen molar-refractivity contribution in [3.63, 3.8) is 0 Å². The topological polar surface area (TPSA) is 304 Å². The number of benzene rings is 2. The van der Waals surface area contributed by atoms with Crippen molar-refractivity contribution in [1.82, 2.24) is 30.0 Å². The van der Waals surface area contributed by atoms with Crippen molar-refractivity contribution < 1.29 is 53.1 Å². The van der Waals surface area contributed by atoms with Gasteiger partial charge in [-0.2, -0.15) is 0 Å². The summed E-state index contributed by atoms with van der Waals surface area (Å²) in [5.41, 5.74) is 6.14. The molecule has 0 spiro atoms. The number of primary amides is 1. The zero-order valence-corrected chi connectivity index (χ0v) is 36.9. The van der Waals surface area contributed by atoms with E-state index < -0.39 is 94.9 Å². The number of fused-ring (bicyclic) bond motifs is 1. The lowest BCUT2D eigenvalue weighted by Gasteiger charge is -2.30. The smallest absolute Gasteiger partial charge is 0.336 e. The van der Waals surface area contributed by atoms with Crippen molar-refractivity contribution in [2.75, 3.05) is 27.2 Å². The summed E-state index contributed by atoms with van der Waals surface area (Å²) >= 11 is 0. The lowest BCUT2D eigenvalue weighted by atomic mass is 9.99. The number of nitrogens with zero attached hydrogens (tertiary/aromatic N) is 4. The van der Waals surface area contributed by atoms with Crippen LogP contribution in [0.2, 0.25) is 0 Å². The predicted octanol–water partition coefficient (Wildman–Crippen LogP) is 1.54. The number of hydrogen-bond donors (Lipinski definition) is 5. The van der Waals surface area contributed by atoms with Crippen LogP contribution in [0.4, 0.5) is 0 Å². The Labute approximate surface area is 383 Å². The normalized spacial score (nSPS) is 16.4. The third-order valence-corrected chi connectivity index (χ3v) is 11.4. The van der Waals surface area contributed by atoms with Gasteiger partial charge in [0.05, 0.1) is 24.3 Å². The number of H-pyrrole nitrogens is 1. The molecule has 67 heavy (non-hydrogen) atoms. The van der Waals surface area contributed by atoms with Gasteiger partial charge >= 0.3 is 11.9 Å². The molecule has 354 valence electrons. The van der Waals surface area contributed by atoms with Crippen molar-refractivity contribution in [3.8, 4) is 0 Å². The summed E-state index contributed by atoms with van der Waals surface area (Å²) in [6, 6.07) is 11.8. The number of methoxy groups -OCH3 is 1. The fraction of sp³-hybridized carbons (Fsp3) is 0.370. The average Bonchev–Trinajstić information content (AvgIpc) is 4.09. The molecule has 0 bridgehead atoms. The molecule has 2 saturated heterocycles. The van der Waals surface area contributed by atoms with E-state index in [9.17, 15) is 48.3 Å². The van der Waals surface area contributed by atoms with Crippen LogP contribution >= 0.6 is 0 Å². The molecule has 2 aromatic carbocycles. The van der Waals surface area contributed by atoms with Gasteiger partial charge in [-0.25, -0.2) is 9.59 Å². The van der Waals surface area contributed by atoms with Gasteiger partial charge in [-0.05, 0) is 68.4 Å². The molecule has 4 aromatic rings. The first-order valence-corrected chi connectivity index (χ1v) is 21.4. The van der Waals surface area contributed by atoms with Gasteiger partial charge in [0.15, 0.2) is 12.8 Å². The quantitative estimate of drug-likeness (QED) is 0.0410. The number of nitrogens with two attached hydrogens (primary N) is 1. The number of likely N-dealkylation sites (tertiary alicyclic amines) is 2. The zero-order valence-electron chi connectivity index (χ0n) is 36.9. The van der Waals surface area contributed by atoms with Crippen molar-refractivity contribution in [3.05, 3.63) is 128 Å². The molecular weight excluding hydrogens is 873 g/mol. The van der Waals surface area contributed by atoms with Crippen LogP contribution < -0.4 is 21.9 Å². The maximum absolute atomic E-state index is 14.1. The highest BCUT2D eigenvalue weighted by molar-refractivity contribution is 6.06. The number of carboxylic acids is 1. The standard InChI is InChI=1S/C45H49N7O11.CH3NO2/c1-63-39(55)19-7-6-16-33(48-41(57)30-13-2-3-14-31(30)45(61)62)37(53)24-27-11-8-20-50(43(27)59)26-38(54)51-21-10-18-36(51)42(58)49-34(44(60)52-22-9-17-35(52)40(46)56)23-28-25-47-32-15-5-4-12-29(28)32;1-2(3)4/h2-5,7-8,11-15,19-20,25,33-36,47H,6,9-10,16-18,21-24,26H2,1H3,(H2,46,56)(H,48,57)(H,49,58)(H,61,62);1H3/b19-7+;/t33-,34-,35-,36-;/m0./s1. The number of carbonyl (C=O) groups excluding carboxylic acids is 7. The number of ketones is 1. The van der Waals surface area contributed by atoms with E-state index >= 15 is 0 Å². The minimum absolute atomic E-state index is 0.0103. The highest BCUT2D eigenvalue weighted by atomic mass is 16.6. The summed E-state index contributed by atoms with van der Waals surface area (Å²) in [5.74, 6) is -5.61. The predicted molar refractivity (Wildman–Crippen MR) is 240 cm³/mol. The Bertz CT molecular complexity index is 2620. The van der Waals surface area contributed by atoms with E-state index in [1.807, 2.05) is 24.3 Å². The molecule has 2 aliphatic rings. The van der Waals surface area contributed by atoms with E-state index in [-0.39, 0.29) is 42.5 Å². The van der Waals surface area contributed by atoms with Crippen LogP contribution in [0.1, 0.15) is 70.4 Å². The Hall–Kier alpha value is -7.97. The van der Waals surface area contributed by atoms with Crippen LogP contribution in [-0.2, 0) is 52.9 Å². The molecule has 6 rings (SSSR count). The number of ether oxygens (including phenoxy) is 1. The maximum atomic E-state index is 14.1. The van der Waals surface area contributed by atoms with Gasteiger partial charge in [-0.3, -0.25) is 43.7 Å². The fourth-order valence-corrected chi connectivity index (χ4v) is 8.17. The molecule has 2 fully saturated rings. The molecule has 0 unspecified atom stereocenters. The molecule has 0 saturated carbocycles. The first-order valence-electron chi connectivity index (χ1n) is 21.4. The number of aromatic carboxylic acids is 1. The summed E-state index contributed by atoms with van der Waals surface area (Å²) in [4.78, 5) is 133. The number of carboxylic acid groups (broad SMARTS) is 1. The van der Waals surface area contributed by atoms with Crippen molar-refractivity contribution in [2.24, 2.45) is 5.73 Å². The largest absolute Gasteiger partial charge is 0.478 e. The van der Waals surface area contributed by atoms with E-state index in [1.165, 1.54) is 65.6 Å². The SMILES string of the molecule is COC(=O)/C=C/CC[C@H](NC(=O)c1ccccc1C(=O)O)C(=O)Cc1cccn(CC(=O)N2CCC[C@H]2C(=O)N[C@@H](Cc2c[nH]c3ccccc23)C(=O)N2CCC[C@H]2C(N)=O)c1=O.C[N+](=O)[O-]. The van der Waals surface area contributed by atoms with Gasteiger partial charge in [0, 0.05) is 65.8 Å². The van der Waals surface area contributed by atoms with E-state index in [0.29, 0.717) is 32.2 Å². The first-order chi connectivity index (χ1) is 32.0. The van der Waals surface area contributed by atoms with Crippen molar-refractivity contribution in [1.29, 1.82) is 0 Å². The number of aromatic nitrogens is 2. The highest BCUT2D eigenvalue weighted by Crippen LogP contribution is 2.24. The minimum Gasteiger partial charge on any atom is -0.478 e. The Balaban J connectivity index is 0.00000202. The lowest BCUT2D eigenvalue weighted by molar-refractivity contribution is -0.445. The van der Waals surface area contributed by atoms with E-state index in [4.69, 9.17) is 15.8 Å². The second kappa shape index (κ2) is 23.3. The van der Waals surface area contributed by atoms with E-state index in [2.05, 4.69) is 20.4 Å². The van der Waals surface area contributed by atoms with Crippen LogP contribution in [0.15, 0.2) is 90.0 Å². The molecule has 0 aliphatic carbocycles. The number of nitrogens with one attached hydrogen (secondary N) is 3. The molecule has 6 N–H and O–H groups in total. The number of esters is 1. The summed E-state index contributed by atoms with van der Waals surface area (Å²) in [6.45, 7) is 0.0314. The van der Waals surface area contributed by atoms with Gasteiger partial charge in [-0.15, -0.1) is 0 Å². The number of para-hydroxylation sites is 1. The van der Waals surface area contributed by atoms with E-state index in [0.717, 1.165) is 34.2 Å². The third kappa shape index (κ3) is 13.1. The Morgan fingerprint density at radius 1 is 0.910 bits per heavy atom. The number of allylic oxidation sites excluding steroid dienone is 1. The van der Waals surface area contributed by atoms with Crippen molar-refractivity contribution in [2.45, 2.75) is 82.1 Å². The maximum Gasteiger partial charge on any atom is 0.336 e. The number of carbonyl (C=O) groups is 8. The Morgan fingerprint density at radius 3 is 2.25 bits per heavy atom. The summed E-state index contributed by atoms with van der Waals surface area (Å²) in [5, 5.41) is 24.7. The Kier molecular flexibility index (Phi) is 17.4. The summed E-state index contributed by atoms with van der Waals surface area (Å²) in [7, 11) is 2.09. The molecule has 5 amide bonds. The second-order valence-corrected chi connectivity index (χ2v) is 15.9. The van der Waals surface area contributed by atoms with Gasteiger partial charge in [0.25, 0.3) is 11.5 Å². The van der Waals surface area contributed by atoms with Gasteiger partial charge in [0.2, 0.25) is 23.6 Å². The molecule has 21 heteroatoms. The summed E-state index contributed by atoms with van der Waals surface area (Å²) < 4.78 is 5.71. The van der Waals surface area contributed by atoms with Crippen LogP contribution in [0.25, 0.3) is 10.9 Å². The Morgan fingerprint density at radius 2 is 1.57 bits per heavy atom. The highest BCUT2D eigenvalue weighted by Gasteiger charge is 2.40. The number of pyridine rings is 1. The fourth-order valence-electron chi connectivity index (χ4n) is 8.17. The molecule has 4 heterocycles. The molecule has 2 aromatic heterocycles. The van der Waals surface area contributed by atoms with Gasteiger partial charge in [-0.1, -0.05) is 42.5 Å². The third-order valence-electron chi connectivity index (χ3n) is 11.4. The van der Waals surface area contributed by atoms with Gasteiger partial charge < -0.3 is 45.6 Å². The number of rotatable bonds is 18. The van der Waals surface area contributed by atoms with Crippen LogP contribution in [-0.4, -0.2) is 128 Å². The molecule has 2 aliphatic heterocycles. The summed E-state index contributed by atoms with van der Waals surface area (Å²) in [6.07, 6.45) is 7.25. The van der Waals surface area contributed by atoms with Crippen LogP contribution in [0.3, 0.4) is 0 Å². The molecular formula is C46H52N8O13. The number of amides is 5. The molecule has 21 nitrogen and oxygen atoms in total. The second-order valence-electron chi connectivity index (χ2n) is 15.9. The molecule has 0 radical (unpaired) electrons. The van der Waals surface area contributed by atoms with Crippen LogP contribution in [0.5, 0.6) is 0 Å². The number of hydrogen-bond acceptors (Lipinski definition) is 12. The number of aromatic amines is 1. The van der Waals surface area contributed by atoms with Crippen molar-refractivity contribution >= 4 is 58.2 Å². The number of Topliss-reactive ketones (excluding diaryl/α,β-unsaturated/α-hetero) is 1. The first kappa shape index (κ1) is 50.0. The zero-order chi connectivity index (χ0) is 48.8.